The van der Waals surface area contributed by atoms with Gasteiger partial charge in [0.2, 0.25) is 0 Å². The first-order valence-corrected chi connectivity index (χ1v) is 9.08. The van der Waals surface area contributed by atoms with Gasteiger partial charge in [0.05, 0.1) is 11.0 Å². The van der Waals surface area contributed by atoms with Crippen LogP contribution in [0.1, 0.15) is 42.3 Å². The summed E-state index contributed by atoms with van der Waals surface area (Å²) in [5.41, 5.74) is 1.26. The fourth-order valence-corrected chi connectivity index (χ4v) is 3.09. The maximum atomic E-state index is 4.67. The maximum Gasteiger partial charge on any atom is 0.191 e. The Labute approximate surface area is 143 Å². The molecule has 0 bridgehead atoms. The lowest BCUT2D eigenvalue weighted by atomic mass is 10.1. The lowest BCUT2D eigenvalue weighted by molar-refractivity contribution is 0.686. The van der Waals surface area contributed by atoms with Crippen LogP contribution in [-0.2, 0) is 12.8 Å². The quantitative estimate of drug-likeness (QED) is 0.603. The first-order chi connectivity index (χ1) is 11.2. The van der Waals surface area contributed by atoms with E-state index < -0.39 is 0 Å². The smallest absolute Gasteiger partial charge is 0.191 e. The number of hydrogen-bond donors (Lipinski definition) is 2. The average molecular weight is 331 g/mol. The normalized spacial score (nSPS) is 12.9. The molecule has 2 N–H and O–H groups in total. The molecule has 0 radical (unpaired) electrons. The van der Waals surface area contributed by atoms with E-state index in [1.54, 1.807) is 11.3 Å². The zero-order chi connectivity index (χ0) is 16.5. The largest absolute Gasteiger partial charge is 0.357 e. The lowest BCUT2D eigenvalue weighted by Gasteiger charge is -2.18. The monoisotopic (exact) mass is 330 g/mol. The minimum atomic E-state index is 0.223. The van der Waals surface area contributed by atoms with E-state index >= 15 is 0 Å². The molecule has 0 aliphatic carbocycles. The van der Waals surface area contributed by atoms with E-state index in [0.717, 1.165) is 36.9 Å². The highest BCUT2D eigenvalue weighted by Crippen LogP contribution is 2.14. The molecule has 0 aliphatic rings. The standard InChI is InChI=1S/C18H26N4S/c1-4-16-13-21-17(23-16)11-12-20-18(19-5-2)22-14(3)15-9-7-6-8-10-15/h6-10,13-14H,4-5,11-12H2,1-3H3,(H2,19,20,22). The third kappa shape index (κ3) is 5.67. The fourth-order valence-electron chi connectivity index (χ4n) is 2.24. The summed E-state index contributed by atoms with van der Waals surface area (Å²) in [7, 11) is 0. The molecule has 0 saturated heterocycles. The summed E-state index contributed by atoms with van der Waals surface area (Å²) in [6.07, 6.45) is 3.92. The molecular weight excluding hydrogens is 304 g/mol. The van der Waals surface area contributed by atoms with Gasteiger partial charge < -0.3 is 10.6 Å². The second-order valence-corrected chi connectivity index (χ2v) is 6.56. The van der Waals surface area contributed by atoms with Crippen LogP contribution in [0.25, 0.3) is 0 Å². The van der Waals surface area contributed by atoms with Gasteiger partial charge in [0, 0.05) is 30.6 Å². The van der Waals surface area contributed by atoms with Gasteiger partial charge in [-0.2, -0.15) is 0 Å². The first-order valence-electron chi connectivity index (χ1n) is 8.26. The van der Waals surface area contributed by atoms with Gasteiger partial charge in [0.15, 0.2) is 5.96 Å². The van der Waals surface area contributed by atoms with Crippen molar-refractivity contribution in [2.45, 2.75) is 39.7 Å². The van der Waals surface area contributed by atoms with Crippen LogP contribution in [0.5, 0.6) is 0 Å². The second-order valence-electron chi connectivity index (χ2n) is 5.36. The average Bonchev–Trinajstić information content (AvgIpc) is 3.04. The molecule has 0 spiro atoms. The summed E-state index contributed by atoms with van der Waals surface area (Å²) in [6.45, 7) is 7.99. The highest BCUT2D eigenvalue weighted by Gasteiger charge is 2.07. The van der Waals surface area contributed by atoms with Crippen molar-refractivity contribution in [3.63, 3.8) is 0 Å². The number of guanidine groups is 1. The number of thiazole rings is 1. The van der Waals surface area contributed by atoms with Crippen LogP contribution in [0.4, 0.5) is 0 Å². The molecule has 2 rings (SSSR count). The first kappa shape index (κ1) is 17.5. The van der Waals surface area contributed by atoms with Crippen molar-refractivity contribution >= 4 is 17.3 Å². The summed E-state index contributed by atoms with van der Waals surface area (Å²) in [6, 6.07) is 10.6. The molecule has 5 heteroatoms. The molecule has 0 fully saturated rings. The number of aromatic nitrogens is 1. The molecule has 4 nitrogen and oxygen atoms in total. The molecule has 0 aliphatic heterocycles. The number of aliphatic imine (C=N–C) groups is 1. The van der Waals surface area contributed by atoms with Crippen molar-refractivity contribution in [1.82, 2.24) is 15.6 Å². The number of hydrogen-bond acceptors (Lipinski definition) is 3. The van der Waals surface area contributed by atoms with Gasteiger partial charge in [-0.05, 0) is 25.8 Å². The van der Waals surface area contributed by atoms with Crippen molar-refractivity contribution in [2.24, 2.45) is 4.99 Å². The zero-order valence-corrected chi connectivity index (χ0v) is 15.0. The van der Waals surface area contributed by atoms with E-state index in [1.807, 2.05) is 12.3 Å². The van der Waals surface area contributed by atoms with Crippen LogP contribution < -0.4 is 10.6 Å². The highest BCUT2D eigenvalue weighted by atomic mass is 32.1. The van der Waals surface area contributed by atoms with Gasteiger partial charge in [0.1, 0.15) is 0 Å². The van der Waals surface area contributed by atoms with E-state index in [-0.39, 0.29) is 6.04 Å². The molecule has 1 unspecified atom stereocenters. The van der Waals surface area contributed by atoms with E-state index in [4.69, 9.17) is 0 Å². The SMILES string of the molecule is CCNC(=NCCc1ncc(CC)s1)NC(C)c1ccccc1. The molecule has 1 aromatic carbocycles. The van der Waals surface area contributed by atoms with Crippen LogP contribution in [0.3, 0.4) is 0 Å². The van der Waals surface area contributed by atoms with Crippen molar-refractivity contribution < 1.29 is 0 Å². The lowest BCUT2D eigenvalue weighted by Crippen LogP contribution is -2.38. The third-order valence-electron chi connectivity index (χ3n) is 3.54. The van der Waals surface area contributed by atoms with Crippen LogP contribution in [0.2, 0.25) is 0 Å². The van der Waals surface area contributed by atoms with E-state index in [9.17, 15) is 0 Å². The van der Waals surface area contributed by atoms with Gasteiger partial charge >= 0.3 is 0 Å². The van der Waals surface area contributed by atoms with Gasteiger partial charge in [-0.3, -0.25) is 4.99 Å². The van der Waals surface area contributed by atoms with E-state index in [1.165, 1.54) is 10.4 Å². The van der Waals surface area contributed by atoms with Crippen LogP contribution in [0, 0.1) is 0 Å². The minimum Gasteiger partial charge on any atom is -0.357 e. The Morgan fingerprint density at radius 1 is 1.26 bits per heavy atom. The van der Waals surface area contributed by atoms with Gasteiger partial charge in [0.25, 0.3) is 0 Å². The molecular formula is C18H26N4S. The molecule has 23 heavy (non-hydrogen) atoms. The van der Waals surface area contributed by atoms with Gasteiger partial charge in [-0.25, -0.2) is 4.98 Å². The number of nitrogens with one attached hydrogen (secondary N) is 2. The molecule has 1 atom stereocenters. The Balaban J connectivity index is 1.91. The number of aryl methyl sites for hydroxylation is 1. The maximum absolute atomic E-state index is 4.67. The molecule has 124 valence electrons. The van der Waals surface area contributed by atoms with Crippen LogP contribution >= 0.6 is 11.3 Å². The van der Waals surface area contributed by atoms with E-state index in [0.29, 0.717) is 0 Å². The Hall–Kier alpha value is -1.88. The predicted molar refractivity (Wildman–Crippen MR) is 99.2 cm³/mol. The minimum absolute atomic E-state index is 0.223. The Kier molecular flexibility index (Phi) is 7.07. The Morgan fingerprint density at radius 2 is 2.04 bits per heavy atom. The predicted octanol–water partition coefficient (Wildman–Crippen LogP) is 3.56. The highest BCUT2D eigenvalue weighted by molar-refractivity contribution is 7.11. The van der Waals surface area contributed by atoms with Crippen molar-refractivity contribution in [2.75, 3.05) is 13.1 Å². The topological polar surface area (TPSA) is 49.3 Å². The van der Waals surface area contributed by atoms with Crippen molar-refractivity contribution in [1.29, 1.82) is 0 Å². The summed E-state index contributed by atoms with van der Waals surface area (Å²) in [5, 5.41) is 7.93. The number of nitrogens with zero attached hydrogens (tertiary/aromatic N) is 2. The molecule has 0 amide bonds. The second kappa shape index (κ2) is 9.30. The Bertz CT molecular complexity index is 606. The van der Waals surface area contributed by atoms with Crippen molar-refractivity contribution in [3.05, 3.63) is 52.0 Å². The van der Waals surface area contributed by atoms with Crippen LogP contribution in [-0.4, -0.2) is 24.0 Å². The third-order valence-corrected chi connectivity index (χ3v) is 4.74. The summed E-state index contributed by atoms with van der Waals surface area (Å²) in [4.78, 5) is 10.5. The van der Waals surface area contributed by atoms with Crippen LogP contribution in [0.15, 0.2) is 41.5 Å². The molecule has 1 heterocycles. The fraction of sp³-hybridized carbons (Fsp3) is 0.444. The van der Waals surface area contributed by atoms with Gasteiger partial charge in [-0.1, -0.05) is 37.3 Å². The molecule has 0 saturated carbocycles. The summed E-state index contributed by atoms with van der Waals surface area (Å²) >= 11 is 1.79. The van der Waals surface area contributed by atoms with Gasteiger partial charge in [-0.15, -0.1) is 11.3 Å². The number of benzene rings is 1. The molecule has 2 aromatic rings. The summed E-state index contributed by atoms with van der Waals surface area (Å²) < 4.78 is 0. The van der Waals surface area contributed by atoms with E-state index in [2.05, 4.69) is 65.6 Å². The molecule has 1 aromatic heterocycles. The van der Waals surface area contributed by atoms with Crippen molar-refractivity contribution in [3.8, 4) is 0 Å². The number of rotatable bonds is 7. The zero-order valence-electron chi connectivity index (χ0n) is 14.2. The Morgan fingerprint density at radius 3 is 2.70 bits per heavy atom. The summed E-state index contributed by atoms with van der Waals surface area (Å²) in [5.74, 6) is 0.858.